The molecule has 0 bridgehead atoms. The molecule has 0 spiro atoms. The van der Waals surface area contributed by atoms with Crippen molar-refractivity contribution < 1.29 is 4.79 Å². The zero-order valence-electron chi connectivity index (χ0n) is 10.4. The fraction of sp³-hybridized carbons (Fsp3) is 0.500. The molecule has 1 amide bonds. The highest BCUT2D eigenvalue weighted by atomic mass is 16.2. The highest BCUT2D eigenvalue weighted by Gasteiger charge is 2.34. The van der Waals surface area contributed by atoms with Gasteiger partial charge in [0.15, 0.2) is 5.84 Å². The summed E-state index contributed by atoms with van der Waals surface area (Å²) in [7, 11) is 0. The summed E-state index contributed by atoms with van der Waals surface area (Å²) in [5.41, 5.74) is 7.28. The predicted molar refractivity (Wildman–Crippen MR) is 63.6 cm³/mol. The first kappa shape index (κ1) is 10.9. The second-order valence-electron chi connectivity index (χ2n) is 4.42. The summed E-state index contributed by atoms with van der Waals surface area (Å²) in [6.45, 7) is 9.91. The van der Waals surface area contributed by atoms with Crippen LogP contribution in [0.15, 0.2) is 27.5 Å². The Labute approximate surface area is 95.7 Å². The number of rotatable bonds is 0. The van der Waals surface area contributed by atoms with Gasteiger partial charge in [-0.25, -0.2) is 0 Å². The van der Waals surface area contributed by atoms with Crippen molar-refractivity contribution in [2.45, 2.75) is 40.7 Å². The third-order valence-electron chi connectivity index (χ3n) is 3.51. The molecular weight excluding hydrogens is 202 g/mol. The zero-order chi connectivity index (χ0) is 12.0. The van der Waals surface area contributed by atoms with Gasteiger partial charge in [0.1, 0.15) is 6.04 Å². The molecule has 2 aliphatic heterocycles. The summed E-state index contributed by atoms with van der Waals surface area (Å²) in [5, 5.41) is 4.28. The first-order chi connectivity index (χ1) is 7.45. The van der Waals surface area contributed by atoms with Crippen molar-refractivity contribution in [1.29, 1.82) is 0 Å². The third-order valence-corrected chi connectivity index (χ3v) is 3.51. The Bertz CT molecular complexity index is 457. The lowest BCUT2D eigenvalue weighted by Gasteiger charge is -2.36. The number of allylic oxidation sites excluding steroid dienone is 3. The maximum atomic E-state index is 12.1. The number of amidine groups is 1. The number of nitrogens with zero attached hydrogens (tertiary/aromatic N) is 2. The maximum absolute atomic E-state index is 12.1. The first-order valence-electron chi connectivity index (χ1n) is 5.48. The molecule has 4 heteroatoms. The molecule has 86 valence electrons. The van der Waals surface area contributed by atoms with Crippen LogP contribution in [-0.4, -0.2) is 22.7 Å². The van der Waals surface area contributed by atoms with Gasteiger partial charge in [0.2, 0.25) is 0 Å². The molecule has 16 heavy (non-hydrogen) atoms. The Morgan fingerprint density at radius 3 is 2.38 bits per heavy atom. The minimum absolute atomic E-state index is 0.0636. The van der Waals surface area contributed by atoms with Gasteiger partial charge < -0.3 is 0 Å². The average molecular weight is 219 g/mol. The summed E-state index contributed by atoms with van der Waals surface area (Å²) in [4.78, 5) is 13.8. The maximum Gasteiger partial charge on any atom is 0.256 e. The van der Waals surface area contributed by atoms with E-state index >= 15 is 0 Å². The summed E-state index contributed by atoms with van der Waals surface area (Å²) in [5.74, 6) is 0.803. The van der Waals surface area contributed by atoms with Gasteiger partial charge in [-0.05, 0) is 51.3 Å². The number of nitrogens with one attached hydrogen (secondary N) is 1. The number of fused-ring (bicyclic) bond motifs is 1. The van der Waals surface area contributed by atoms with E-state index in [4.69, 9.17) is 0 Å². The van der Waals surface area contributed by atoms with Crippen LogP contribution in [0.25, 0.3) is 0 Å². The normalized spacial score (nSPS) is 25.6. The van der Waals surface area contributed by atoms with Crippen molar-refractivity contribution in [3.63, 3.8) is 0 Å². The van der Waals surface area contributed by atoms with Crippen LogP contribution in [0.3, 0.4) is 0 Å². The molecule has 0 fully saturated rings. The van der Waals surface area contributed by atoms with Crippen LogP contribution in [0.2, 0.25) is 0 Å². The Morgan fingerprint density at radius 2 is 1.75 bits per heavy atom. The van der Waals surface area contributed by atoms with Crippen molar-refractivity contribution >= 4 is 11.7 Å². The molecule has 0 saturated heterocycles. The van der Waals surface area contributed by atoms with Crippen LogP contribution >= 0.6 is 0 Å². The molecule has 4 nitrogen and oxygen atoms in total. The Kier molecular flexibility index (Phi) is 2.37. The monoisotopic (exact) mass is 219 g/mol. The first-order valence-corrected chi connectivity index (χ1v) is 5.48. The summed E-state index contributed by atoms with van der Waals surface area (Å²) in [6, 6.07) is -0.252. The van der Waals surface area contributed by atoms with Crippen molar-refractivity contribution in [3.05, 3.63) is 22.4 Å². The van der Waals surface area contributed by atoms with Gasteiger partial charge in [0.05, 0.1) is 0 Å². The summed E-state index contributed by atoms with van der Waals surface area (Å²) < 4.78 is 0. The average Bonchev–Trinajstić information content (AvgIpc) is 2.27. The van der Waals surface area contributed by atoms with Crippen molar-refractivity contribution in [1.82, 2.24) is 10.3 Å². The molecule has 0 radical (unpaired) electrons. The molecule has 0 aliphatic carbocycles. The highest BCUT2D eigenvalue weighted by molar-refractivity contribution is 6.12. The fourth-order valence-electron chi connectivity index (χ4n) is 2.02. The lowest BCUT2D eigenvalue weighted by atomic mass is 9.95. The fourth-order valence-corrected chi connectivity index (χ4v) is 2.02. The number of carbonyl (C=O) groups is 1. The second kappa shape index (κ2) is 3.47. The molecule has 0 aromatic rings. The van der Waals surface area contributed by atoms with Crippen molar-refractivity contribution in [3.8, 4) is 0 Å². The van der Waals surface area contributed by atoms with Crippen LogP contribution in [-0.2, 0) is 4.79 Å². The van der Waals surface area contributed by atoms with Gasteiger partial charge in [-0.15, -0.1) is 0 Å². The molecule has 2 heterocycles. The van der Waals surface area contributed by atoms with E-state index in [1.807, 2.05) is 27.7 Å². The molecule has 1 atom stereocenters. The zero-order valence-corrected chi connectivity index (χ0v) is 10.4. The lowest BCUT2D eigenvalue weighted by molar-refractivity contribution is -0.128. The molecule has 1 N–H and O–H groups in total. The van der Waals surface area contributed by atoms with Gasteiger partial charge in [0, 0.05) is 5.70 Å². The molecular formula is C12H17N3O. The van der Waals surface area contributed by atoms with Crippen LogP contribution in [0.1, 0.15) is 34.6 Å². The Morgan fingerprint density at radius 1 is 1.12 bits per heavy atom. The number of hydrazone groups is 1. The standard InChI is InChI=1S/C12H17N3O/c1-6-7(2)10(5)15-11(8(6)3)14-13-9(4)12(15)16/h9,13H,1-5H3. The van der Waals surface area contributed by atoms with Crippen molar-refractivity contribution in [2.24, 2.45) is 5.10 Å². The minimum Gasteiger partial charge on any atom is -0.296 e. The van der Waals surface area contributed by atoms with Gasteiger partial charge in [-0.2, -0.15) is 5.10 Å². The van der Waals surface area contributed by atoms with E-state index in [-0.39, 0.29) is 11.9 Å². The number of hydrogen-bond acceptors (Lipinski definition) is 3. The molecule has 0 aromatic carbocycles. The van der Waals surface area contributed by atoms with E-state index < -0.39 is 0 Å². The van der Waals surface area contributed by atoms with Crippen LogP contribution in [0.5, 0.6) is 0 Å². The van der Waals surface area contributed by atoms with Gasteiger partial charge >= 0.3 is 0 Å². The van der Waals surface area contributed by atoms with E-state index in [1.54, 1.807) is 4.90 Å². The summed E-state index contributed by atoms with van der Waals surface area (Å²) in [6.07, 6.45) is 0. The van der Waals surface area contributed by atoms with E-state index in [9.17, 15) is 4.79 Å². The predicted octanol–water partition coefficient (Wildman–Crippen LogP) is 1.76. The number of carbonyl (C=O) groups excluding carboxylic acids is 1. The van der Waals surface area contributed by atoms with E-state index in [0.717, 1.165) is 17.1 Å². The Hall–Kier alpha value is -1.58. The second-order valence-corrected chi connectivity index (χ2v) is 4.42. The molecule has 0 aromatic heterocycles. The van der Waals surface area contributed by atoms with Crippen LogP contribution < -0.4 is 5.43 Å². The quantitative estimate of drug-likeness (QED) is 0.674. The topological polar surface area (TPSA) is 44.7 Å². The van der Waals surface area contributed by atoms with Crippen molar-refractivity contribution in [2.75, 3.05) is 0 Å². The lowest BCUT2D eigenvalue weighted by Crippen LogP contribution is -2.52. The summed E-state index contributed by atoms with van der Waals surface area (Å²) >= 11 is 0. The van der Waals surface area contributed by atoms with Gasteiger partial charge in [0.25, 0.3) is 5.91 Å². The van der Waals surface area contributed by atoms with Gasteiger partial charge in [-0.3, -0.25) is 15.1 Å². The molecule has 2 aliphatic rings. The van der Waals surface area contributed by atoms with E-state index in [2.05, 4.69) is 17.5 Å². The van der Waals surface area contributed by atoms with Crippen LogP contribution in [0.4, 0.5) is 0 Å². The Balaban J connectivity index is 2.61. The van der Waals surface area contributed by atoms with E-state index in [0.29, 0.717) is 0 Å². The third kappa shape index (κ3) is 1.29. The van der Waals surface area contributed by atoms with E-state index in [1.165, 1.54) is 11.1 Å². The SMILES string of the molecule is CC1=C(C)C(C)=C(C)N2C(=O)C(C)NN=C12. The smallest absolute Gasteiger partial charge is 0.256 e. The molecule has 1 unspecified atom stereocenters. The van der Waals surface area contributed by atoms with Gasteiger partial charge in [-0.1, -0.05) is 0 Å². The number of hydrogen-bond donors (Lipinski definition) is 1. The van der Waals surface area contributed by atoms with Crippen LogP contribution in [0, 0.1) is 0 Å². The number of amides is 1. The highest BCUT2D eigenvalue weighted by Crippen LogP contribution is 2.30. The largest absolute Gasteiger partial charge is 0.296 e. The molecule has 0 saturated carbocycles. The minimum atomic E-state index is -0.252. The molecule has 2 rings (SSSR count).